The Morgan fingerprint density at radius 1 is 1.25 bits per heavy atom. The Morgan fingerprint density at radius 3 is 2.19 bits per heavy atom. The molecule has 0 fully saturated rings. The van der Waals surface area contributed by atoms with Crippen molar-refractivity contribution in [1.82, 2.24) is 0 Å². The zero-order chi connectivity index (χ0) is 12.7. The molecule has 92 valence electrons. The van der Waals surface area contributed by atoms with Gasteiger partial charge in [-0.1, -0.05) is 19.9 Å². The third-order valence-corrected chi connectivity index (χ3v) is 1.79. The largest absolute Gasteiger partial charge is 0.478 e. The van der Waals surface area contributed by atoms with Crippen molar-refractivity contribution < 1.29 is 19.4 Å². The summed E-state index contributed by atoms with van der Waals surface area (Å²) in [6, 6.07) is 0. The predicted molar refractivity (Wildman–Crippen MR) is 61.0 cm³/mol. The van der Waals surface area contributed by atoms with Crippen LogP contribution < -0.4 is 0 Å². The van der Waals surface area contributed by atoms with Gasteiger partial charge in [-0.2, -0.15) is 0 Å². The Bertz CT molecular complexity index is 277. The van der Waals surface area contributed by atoms with Gasteiger partial charge in [0.1, 0.15) is 0 Å². The van der Waals surface area contributed by atoms with E-state index < -0.39 is 11.9 Å². The zero-order valence-electron chi connectivity index (χ0n) is 10.3. The lowest BCUT2D eigenvalue weighted by Crippen LogP contribution is -2.11. The summed E-state index contributed by atoms with van der Waals surface area (Å²) < 4.78 is 4.91. The van der Waals surface area contributed by atoms with Crippen LogP contribution in [0, 0.1) is 5.92 Å². The first kappa shape index (κ1) is 14.7. The molecule has 0 aliphatic heterocycles. The summed E-state index contributed by atoms with van der Waals surface area (Å²) in [5, 5.41) is 8.90. The van der Waals surface area contributed by atoms with Crippen LogP contribution in [0.1, 0.15) is 40.5 Å². The summed E-state index contributed by atoms with van der Waals surface area (Å²) in [7, 11) is 0. The molecule has 0 aliphatic carbocycles. The standard InChI is InChI=1S/C12H20O4/c1-8(2)7-10(12(14)15)5-6-11(13)16-9(3)4/h5,8-9H,6-7H2,1-4H3,(H,14,15). The molecule has 0 saturated carbocycles. The van der Waals surface area contributed by atoms with Crippen molar-refractivity contribution >= 4 is 11.9 Å². The molecular formula is C12H20O4. The first-order chi connectivity index (χ1) is 7.32. The third-order valence-electron chi connectivity index (χ3n) is 1.79. The molecule has 1 N–H and O–H groups in total. The van der Waals surface area contributed by atoms with Crippen molar-refractivity contribution in [2.45, 2.75) is 46.6 Å². The molecule has 0 unspecified atom stereocenters. The molecular weight excluding hydrogens is 208 g/mol. The van der Waals surface area contributed by atoms with Gasteiger partial charge in [-0.15, -0.1) is 0 Å². The van der Waals surface area contributed by atoms with E-state index in [0.29, 0.717) is 6.42 Å². The summed E-state index contributed by atoms with van der Waals surface area (Å²) in [5.74, 6) is -1.10. The number of carboxylic acid groups (broad SMARTS) is 1. The highest BCUT2D eigenvalue weighted by Gasteiger charge is 2.11. The molecule has 4 nitrogen and oxygen atoms in total. The Hall–Kier alpha value is -1.32. The van der Waals surface area contributed by atoms with Crippen LogP contribution in [0.25, 0.3) is 0 Å². The number of aliphatic carboxylic acids is 1. The summed E-state index contributed by atoms with van der Waals surface area (Å²) >= 11 is 0. The maximum Gasteiger partial charge on any atom is 0.331 e. The molecule has 0 amide bonds. The van der Waals surface area contributed by atoms with Gasteiger partial charge in [0.05, 0.1) is 12.5 Å². The van der Waals surface area contributed by atoms with Crippen LogP contribution in [-0.2, 0) is 14.3 Å². The highest BCUT2D eigenvalue weighted by molar-refractivity contribution is 5.87. The first-order valence-corrected chi connectivity index (χ1v) is 5.44. The van der Waals surface area contributed by atoms with Gasteiger partial charge in [0.2, 0.25) is 0 Å². The van der Waals surface area contributed by atoms with Crippen molar-refractivity contribution in [3.8, 4) is 0 Å². The second-order valence-corrected chi connectivity index (χ2v) is 4.38. The molecule has 0 radical (unpaired) electrons. The normalized spacial score (nSPS) is 12.0. The molecule has 0 aromatic rings. The number of rotatable bonds is 6. The van der Waals surface area contributed by atoms with Crippen molar-refractivity contribution in [2.24, 2.45) is 5.92 Å². The third kappa shape index (κ3) is 7.04. The van der Waals surface area contributed by atoms with E-state index in [1.165, 1.54) is 6.08 Å². The molecule has 0 spiro atoms. The smallest absolute Gasteiger partial charge is 0.331 e. The molecule has 0 aromatic carbocycles. The quantitative estimate of drug-likeness (QED) is 0.560. The highest BCUT2D eigenvalue weighted by atomic mass is 16.5. The molecule has 0 aromatic heterocycles. The van der Waals surface area contributed by atoms with E-state index >= 15 is 0 Å². The fourth-order valence-corrected chi connectivity index (χ4v) is 1.22. The molecule has 16 heavy (non-hydrogen) atoms. The van der Waals surface area contributed by atoms with E-state index in [-0.39, 0.29) is 24.0 Å². The van der Waals surface area contributed by atoms with Crippen molar-refractivity contribution in [1.29, 1.82) is 0 Å². The molecule has 0 bridgehead atoms. The van der Waals surface area contributed by atoms with E-state index in [0.717, 1.165) is 0 Å². The van der Waals surface area contributed by atoms with Crippen LogP contribution in [0.2, 0.25) is 0 Å². The predicted octanol–water partition coefficient (Wildman–Crippen LogP) is 2.39. The van der Waals surface area contributed by atoms with E-state index in [4.69, 9.17) is 9.84 Å². The van der Waals surface area contributed by atoms with Gasteiger partial charge in [0.25, 0.3) is 0 Å². The summed E-state index contributed by atoms with van der Waals surface area (Å²) in [6.45, 7) is 7.38. The van der Waals surface area contributed by atoms with E-state index in [1.54, 1.807) is 13.8 Å². The average Bonchev–Trinajstić information content (AvgIpc) is 2.09. The van der Waals surface area contributed by atoms with Gasteiger partial charge in [-0.25, -0.2) is 4.79 Å². The van der Waals surface area contributed by atoms with Crippen LogP contribution in [-0.4, -0.2) is 23.1 Å². The average molecular weight is 228 g/mol. The molecule has 0 rings (SSSR count). The fraction of sp³-hybridized carbons (Fsp3) is 0.667. The van der Waals surface area contributed by atoms with Gasteiger partial charge < -0.3 is 9.84 Å². The van der Waals surface area contributed by atoms with Gasteiger partial charge in [0.15, 0.2) is 0 Å². The number of carbonyl (C=O) groups excluding carboxylic acids is 1. The van der Waals surface area contributed by atoms with Crippen LogP contribution in [0.15, 0.2) is 11.6 Å². The number of ether oxygens (including phenoxy) is 1. The number of hydrogen-bond acceptors (Lipinski definition) is 3. The molecule has 0 aliphatic rings. The van der Waals surface area contributed by atoms with Gasteiger partial charge in [0, 0.05) is 5.57 Å². The minimum absolute atomic E-state index is 0.0204. The Balaban J connectivity index is 4.34. The molecule has 0 atom stereocenters. The maximum atomic E-state index is 11.2. The maximum absolute atomic E-state index is 11.2. The fourth-order valence-electron chi connectivity index (χ4n) is 1.22. The second-order valence-electron chi connectivity index (χ2n) is 4.38. The topological polar surface area (TPSA) is 63.6 Å². The lowest BCUT2D eigenvalue weighted by atomic mass is 10.0. The number of hydrogen-bond donors (Lipinski definition) is 1. The second kappa shape index (κ2) is 7.04. The highest BCUT2D eigenvalue weighted by Crippen LogP contribution is 2.12. The summed E-state index contributed by atoms with van der Waals surface area (Å²) in [6.07, 6.45) is 1.75. The number of esters is 1. The monoisotopic (exact) mass is 228 g/mol. The van der Waals surface area contributed by atoms with E-state index in [2.05, 4.69) is 0 Å². The molecule has 0 heterocycles. The van der Waals surface area contributed by atoms with Crippen LogP contribution >= 0.6 is 0 Å². The number of carboxylic acids is 1. The van der Waals surface area contributed by atoms with Crippen LogP contribution in [0.3, 0.4) is 0 Å². The summed E-state index contributed by atoms with van der Waals surface area (Å²) in [5.41, 5.74) is 0.274. The van der Waals surface area contributed by atoms with Crippen LogP contribution in [0.4, 0.5) is 0 Å². The molecule has 4 heteroatoms. The Labute approximate surface area is 96.3 Å². The lowest BCUT2D eigenvalue weighted by molar-refractivity contribution is -0.146. The van der Waals surface area contributed by atoms with E-state index in [1.807, 2.05) is 13.8 Å². The van der Waals surface area contributed by atoms with Gasteiger partial charge >= 0.3 is 11.9 Å². The van der Waals surface area contributed by atoms with E-state index in [9.17, 15) is 9.59 Å². The molecule has 0 saturated heterocycles. The minimum atomic E-state index is -0.967. The lowest BCUT2D eigenvalue weighted by Gasteiger charge is -2.07. The van der Waals surface area contributed by atoms with Gasteiger partial charge in [-0.3, -0.25) is 4.79 Å². The Kier molecular flexibility index (Phi) is 6.46. The van der Waals surface area contributed by atoms with Gasteiger partial charge in [-0.05, 0) is 26.2 Å². The van der Waals surface area contributed by atoms with Crippen LogP contribution in [0.5, 0.6) is 0 Å². The van der Waals surface area contributed by atoms with Crippen molar-refractivity contribution in [3.63, 3.8) is 0 Å². The Morgan fingerprint density at radius 2 is 1.81 bits per heavy atom. The van der Waals surface area contributed by atoms with Crippen molar-refractivity contribution in [3.05, 3.63) is 11.6 Å². The summed E-state index contributed by atoms with van der Waals surface area (Å²) in [4.78, 5) is 22.1. The SMILES string of the molecule is CC(C)CC(=CCC(=O)OC(C)C)C(=O)O. The minimum Gasteiger partial charge on any atom is -0.478 e. The number of carbonyl (C=O) groups is 2. The first-order valence-electron chi connectivity index (χ1n) is 5.44. The van der Waals surface area contributed by atoms with Crippen molar-refractivity contribution in [2.75, 3.05) is 0 Å². The zero-order valence-corrected chi connectivity index (χ0v) is 10.3.